The highest BCUT2D eigenvalue weighted by Crippen LogP contribution is 2.41. The van der Waals surface area contributed by atoms with Crippen LogP contribution >= 0.6 is 0 Å². The lowest BCUT2D eigenvalue weighted by atomic mass is 9.87. The molecule has 0 atom stereocenters. The largest absolute Gasteiger partial charge is 0.365 e. The summed E-state index contributed by atoms with van der Waals surface area (Å²) < 4.78 is 0.966. The standard InChI is InChI=1S/C24H25N5O3/c1-16(30)29-15-24(2,3)20-7-6-18(13-21(20)29)27-23(31)19-5-4-10-25-22(19)26-14-17-8-11-28(32)12-9-17/h4-13H,14-15H2,1-3H3,(H2-,25,26,27,31,32)/p+1. The molecule has 2 aromatic heterocycles. The minimum atomic E-state index is -0.298. The molecule has 0 spiro atoms. The number of carbonyl (C=O) groups excluding carboxylic acids is 2. The van der Waals surface area contributed by atoms with Crippen LogP contribution in [0.15, 0.2) is 61.1 Å². The van der Waals surface area contributed by atoms with Crippen molar-refractivity contribution in [1.29, 1.82) is 0 Å². The number of benzene rings is 1. The van der Waals surface area contributed by atoms with Gasteiger partial charge in [-0.25, -0.2) is 4.98 Å². The van der Waals surface area contributed by atoms with Gasteiger partial charge < -0.3 is 15.5 Å². The number of carbonyl (C=O) groups is 2. The second-order valence-electron chi connectivity index (χ2n) is 8.51. The van der Waals surface area contributed by atoms with Crippen molar-refractivity contribution in [2.75, 3.05) is 22.1 Å². The Hall–Kier alpha value is -3.94. The summed E-state index contributed by atoms with van der Waals surface area (Å²) in [7, 11) is 0. The van der Waals surface area contributed by atoms with Gasteiger partial charge in [0.25, 0.3) is 5.91 Å². The van der Waals surface area contributed by atoms with E-state index in [9.17, 15) is 14.8 Å². The number of hydrogen-bond acceptors (Lipinski definition) is 5. The zero-order chi connectivity index (χ0) is 22.9. The van der Waals surface area contributed by atoms with E-state index in [4.69, 9.17) is 0 Å². The molecule has 0 bridgehead atoms. The van der Waals surface area contributed by atoms with Crippen molar-refractivity contribution in [3.63, 3.8) is 0 Å². The number of nitrogens with one attached hydrogen (secondary N) is 2. The van der Waals surface area contributed by atoms with Gasteiger partial charge in [0.15, 0.2) is 0 Å². The molecule has 0 saturated heterocycles. The van der Waals surface area contributed by atoms with Crippen LogP contribution in [0.1, 0.15) is 42.3 Å². The predicted octanol–water partition coefficient (Wildman–Crippen LogP) is 3.11. The van der Waals surface area contributed by atoms with Crippen molar-refractivity contribution in [3.05, 3.63) is 77.7 Å². The molecule has 0 saturated carbocycles. The van der Waals surface area contributed by atoms with Crippen LogP contribution in [0, 0.1) is 0 Å². The number of hydrogen-bond donors (Lipinski definition) is 3. The maximum Gasteiger partial charge on any atom is 0.259 e. The van der Waals surface area contributed by atoms with Crippen LogP contribution < -0.4 is 20.3 Å². The Morgan fingerprint density at radius 2 is 1.94 bits per heavy atom. The molecule has 0 radical (unpaired) electrons. The summed E-state index contributed by atoms with van der Waals surface area (Å²) in [4.78, 5) is 31.2. The highest BCUT2D eigenvalue weighted by atomic mass is 16.5. The van der Waals surface area contributed by atoms with Crippen molar-refractivity contribution in [2.45, 2.75) is 32.7 Å². The van der Waals surface area contributed by atoms with Crippen LogP contribution in [0.5, 0.6) is 0 Å². The van der Waals surface area contributed by atoms with Crippen LogP contribution in [0.2, 0.25) is 0 Å². The minimum absolute atomic E-state index is 0.0216. The van der Waals surface area contributed by atoms with E-state index in [2.05, 4.69) is 29.5 Å². The molecule has 164 valence electrons. The van der Waals surface area contributed by atoms with E-state index < -0.39 is 0 Å². The Bertz CT molecular complexity index is 1170. The summed E-state index contributed by atoms with van der Waals surface area (Å²) in [6.07, 6.45) is 4.68. The van der Waals surface area contributed by atoms with Crippen LogP contribution in [0.3, 0.4) is 0 Å². The summed E-state index contributed by atoms with van der Waals surface area (Å²) in [5, 5.41) is 15.4. The Labute approximate surface area is 186 Å². The average Bonchev–Trinajstić information content (AvgIpc) is 3.04. The Balaban J connectivity index is 1.53. The zero-order valence-corrected chi connectivity index (χ0v) is 18.3. The summed E-state index contributed by atoms with van der Waals surface area (Å²) in [5.74, 6) is 0.138. The molecule has 3 heterocycles. The molecule has 3 N–H and O–H groups in total. The van der Waals surface area contributed by atoms with Crippen LogP contribution in [0.25, 0.3) is 0 Å². The lowest BCUT2D eigenvalue weighted by Crippen LogP contribution is -2.32. The van der Waals surface area contributed by atoms with Gasteiger partial charge >= 0.3 is 0 Å². The predicted molar refractivity (Wildman–Crippen MR) is 121 cm³/mol. The molecule has 32 heavy (non-hydrogen) atoms. The van der Waals surface area contributed by atoms with Gasteiger partial charge in [0.2, 0.25) is 18.3 Å². The third-order valence-corrected chi connectivity index (χ3v) is 5.60. The fourth-order valence-corrected chi connectivity index (χ4v) is 3.93. The quantitative estimate of drug-likeness (QED) is 0.425. The fourth-order valence-electron chi connectivity index (χ4n) is 3.93. The number of aromatic nitrogens is 2. The first-order valence-electron chi connectivity index (χ1n) is 10.4. The molecule has 0 aliphatic carbocycles. The van der Waals surface area contributed by atoms with E-state index in [1.165, 1.54) is 12.4 Å². The molecule has 0 fully saturated rings. The van der Waals surface area contributed by atoms with Gasteiger partial charge in [-0.15, -0.1) is 0 Å². The van der Waals surface area contributed by atoms with Crippen molar-refractivity contribution in [3.8, 4) is 0 Å². The highest BCUT2D eigenvalue weighted by Gasteiger charge is 2.37. The third-order valence-electron chi connectivity index (χ3n) is 5.60. The van der Waals surface area contributed by atoms with E-state index in [0.29, 0.717) is 30.2 Å². The molecule has 1 aliphatic rings. The molecule has 4 rings (SSSR count). The average molecular weight is 433 g/mol. The van der Waals surface area contributed by atoms with Crippen LogP contribution in [-0.2, 0) is 16.8 Å². The van der Waals surface area contributed by atoms with E-state index >= 15 is 0 Å². The van der Waals surface area contributed by atoms with Crippen molar-refractivity contribution in [1.82, 2.24) is 4.98 Å². The van der Waals surface area contributed by atoms with Gasteiger partial charge in [-0.05, 0) is 35.4 Å². The van der Waals surface area contributed by atoms with Gasteiger partial charge in [-0.2, -0.15) is 0 Å². The number of fused-ring (bicyclic) bond motifs is 1. The SMILES string of the molecule is CC(=O)N1CC(C)(C)c2ccc(NC(=O)c3cccnc3NCc3cc[n+](O)cc3)cc21. The van der Waals surface area contributed by atoms with Gasteiger partial charge in [0.1, 0.15) is 5.82 Å². The Kier molecular flexibility index (Phi) is 5.52. The number of amides is 2. The molecule has 0 unspecified atom stereocenters. The molecular formula is C24H26N5O3+. The van der Waals surface area contributed by atoms with Crippen molar-refractivity contribution < 1.29 is 19.5 Å². The topological polar surface area (TPSA) is 98.4 Å². The monoisotopic (exact) mass is 432 g/mol. The summed E-state index contributed by atoms with van der Waals surface area (Å²) in [6.45, 7) is 6.82. The summed E-state index contributed by atoms with van der Waals surface area (Å²) in [5.41, 5.74) is 3.72. The van der Waals surface area contributed by atoms with Crippen molar-refractivity contribution in [2.24, 2.45) is 0 Å². The third kappa shape index (κ3) is 4.25. The molecule has 8 heteroatoms. The first-order chi connectivity index (χ1) is 15.2. The zero-order valence-electron chi connectivity index (χ0n) is 18.3. The van der Waals surface area contributed by atoms with Crippen LogP contribution in [0.4, 0.5) is 17.2 Å². The first kappa shape index (κ1) is 21.3. The summed E-state index contributed by atoms with van der Waals surface area (Å²) in [6, 6.07) is 12.6. The summed E-state index contributed by atoms with van der Waals surface area (Å²) >= 11 is 0. The smallest absolute Gasteiger partial charge is 0.259 e. The Morgan fingerprint density at radius 1 is 1.19 bits per heavy atom. The highest BCUT2D eigenvalue weighted by molar-refractivity contribution is 6.08. The fraction of sp³-hybridized carbons (Fsp3) is 0.250. The van der Waals surface area contributed by atoms with Crippen molar-refractivity contribution >= 4 is 29.0 Å². The maximum absolute atomic E-state index is 13.0. The van der Waals surface area contributed by atoms with E-state index in [-0.39, 0.29) is 17.2 Å². The number of anilines is 3. The van der Waals surface area contributed by atoms with E-state index in [0.717, 1.165) is 21.5 Å². The van der Waals surface area contributed by atoms with Gasteiger partial charge in [0.05, 0.1) is 5.56 Å². The Morgan fingerprint density at radius 3 is 2.66 bits per heavy atom. The number of pyridine rings is 2. The van der Waals surface area contributed by atoms with Crippen LogP contribution in [-0.4, -0.2) is 28.6 Å². The molecule has 2 amide bonds. The van der Waals surface area contributed by atoms with Gasteiger partial charge in [-0.3, -0.25) is 14.8 Å². The molecule has 1 aromatic carbocycles. The lowest BCUT2D eigenvalue weighted by molar-refractivity contribution is -0.904. The molecule has 1 aliphatic heterocycles. The van der Waals surface area contributed by atoms with E-state index in [1.54, 1.807) is 42.3 Å². The second-order valence-corrected chi connectivity index (χ2v) is 8.51. The van der Waals surface area contributed by atoms with Gasteiger partial charge in [0, 0.05) is 59.9 Å². The molecule has 8 nitrogen and oxygen atoms in total. The maximum atomic E-state index is 13.0. The number of rotatable bonds is 5. The molecule has 3 aromatic rings. The van der Waals surface area contributed by atoms with Gasteiger partial charge in [-0.1, -0.05) is 19.9 Å². The normalized spacial score (nSPS) is 14.0. The first-order valence-corrected chi connectivity index (χ1v) is 10.4. The minimum Gasteiger partial charge on any atom is -0.365 e. The van der Waals surface area contributed by atoms with E-state index in [1.807, 2.05) is 18.2 Å². The molecular weight excluding hydrogens is 406 g/mol. The number of nitrogens with zero attached hydrogens (tertiary/aromatic N) is 3. The lowest BCUT2D eigenvalue weighted by Gasteiger charge is -2.19. The second kappa shape index (κ2) is 8.30.